The maximum Gasteiger partial charge on any atom is 0.0895 e. The molecular weight excluding hydrogens is 142 g/mol. The summed E-state index contributed by atoms with van der Waals surface area (Å²) in [5.74, 6) is 0. The van der Waals surface area contributed by atoms with E-state index in [2.05, 4.69) is 26.1 Å². The molecule has 0 saturated carbocycles. The second-order valence-corrected chi connectivity index (χ2v) is 3.45. The number of hydrogen-bond acceptors (Lipinski definition) is 3. The maximum atomic E-state index is 9.00. The molecule has 0 saturated heterocycles. The molecule has 0 bridgehead atoms. The zero-order valence-electron chi connectivity index (χ0n) is 7.59. The summed E-state index contributed by atoms with van der Waals surface area (Å²) in [5, 5.41) is 20.7. The van der Waals surface area contributed by atoms with Crippen LogP contribution < -0.4 is 5.32 Å². The van der Waals surface area contributed by atoms with Crippen molar-refractivity contribution in [3.8, 4) is 0 Å². The van der Waals surface area contributed by atoms with Gasteiger partial charge in [0.05, 0.1) is 12.7 Å². The first kappa shape index (κ1) is 10.9. The minimum Gasteiger partial charge on any atom is -0.394 e. The van der Waals surface area contributed by atoms with Gasteiger partial charge in [-0.05, 0) is 20.3 Å². The lowest BCUT2D eigenvalue weighted by molar-refractivity contribution is 0.0875. The highest BCUT2D eigenvalue weighted by molar-refractivity contribution is 4.76. The third kappa shape index (κ3) is 5.18. The highest BCUT2D eigenvalue weighted by atomic mass is 16.3. The first-order valence-corrected chi connectivity index (χ1v) is 4.06. The van der Waals surface area contributed by atoms with Crippen molar-refractivity contribution in [3.63, 3.8) is 0 Å². The number of β-amino-alcohol motifs (C(OH)–C–C–N with tert-alkyl or cyclic N) is 1. The predicted molar refractivity (Wildman–Crippen MR) is 45.5 cm³/mol. The summed E-state index contributed by atoms with van der Waals surface area (Å²) in [6, 6.07) is 0. The van der Waals surface area contributed by atoms with Gasteiger partial charge in [-0.2, -0.15) is 0 Å². The number of aliphatic hydroxyl groups is 2. The van der Waals surface area contributed by atoms with Crippen molar-refractivity contribution in [1.29, 1.82) is 0 Å². The van der Waals surface area contributed by atoms with Crippen molar-refractivity contribution < 1.29 is 10.2 Å². The van der Waals surface area contributed by atoms with Gasteiger partial charge in [0.1, 0.15) is 0 Å². The molecule has 0 aromatic carbocycles. The molecule has 0 rings (SSSR count). The summed E-state index contributed by atoms with van der Waals surface area (Å²) in [5.41, 5.74) is 0.0517. The summed E-state index contributed by atoms with van der Waals surface area (Å²) < 4.78 is 0. The monoisotopic (exact) mass is 161 g/mol. The van der Waals surface area contributed by atoms with Crippen molar-refractivity contribution >= 4 is 0 Å². The quantitative estimate of drug-likeness (QED) is 0.537. The topological polar surface area (TPSA) is 52.5 Å². The standard InChI is InChI=1S/C8H19NO2/c1-4-8(2,3)9-5-7(11)6-10/h7,9-11H,4-6H2,1-3H3. The Bertz CT molecular complexity index is 104. The third-order valence-corrected chi connectivity index (χ3v) is 1.91. The van der Waals surface area contributed by atoms with E-state index in [0.717, 1.165) is 6.42 Å². The molecule has 3 heteroatoms. The molecule has 0 aromatic rings. The number of aliphatic hydroxyl groups excluding tert-OH is 2. The largest absolute Gasteiger partial charge is 0.394 e. The van der Waals surface area contributed by atoms with E-state index in [-0.39, 0.29) is 12.1 Å². The number of nitrogens with one attached hydrogen (secondary N) is 1. The van der Waals surface area contributed by atoms with Gasteiger partial charge in [-0.3, -0.25) is 0 Å². The zero-order valence-corrected chi connectivity index (χ0v) is 7.59. The summed E-state index contributed by atoms with van der Waals surface area (Å²) in [6.07, 6.45) is 0.367. The van der Waals surface area contributed by atoms with Crippen LogP contribution in [0.5, 0.6) is 0 Å². The lowest BCUT2D eigenvalue weighted by atomic mass is 10.0. The second kappa shape index (κ2) is 4.70. The van der Waals surface area contributed by atoms with Crippen LogP contribution in [-0.4, -0.2) is 35.0 Å². The van der Waals surface area contributed by atoms with E-state index in [0.29, 0.717) is 6.54 Å². The Hall–Kier alpha value is -0.120. The summed E-state index contributed by atoms with van der Waals surface area (Å²) in [4.78, 5) is 0. The first-order chi connectivity index (χ1) is 5.02. The molecule has 0 fully saturated rings. The molecule has 0 amide bonds. The van der Waals surface area contributed by atoms with Crippen LogP contribution in [0.4, 0.5) is 0 Å². The molecule has 11 heavy (non-hydrogen) atoms. The lowest BCUT2D eigenvalue weighted by Crippen LogP contribution is -2.43. The molecule has 0 aliphatic rings. The lowest BCUT2D eigenvalue weighted by Gasteiger charge is -2.25. The fourth-order valence-corrected chi connectivity index (χ4v) is 0.584. The minimum atomic E-state index is -0.638. The van der Waals surface area contributed by atoms with E-state index < -0.39 is 6.10 Å². The Balaban J connectivity index is 3.52. The Morgan fingerprint density at radius 2 is 2.00 bits per heavy atom. The van der Waals surface area contributed by atoms with Gasteiger partial charge in [0.2, 0.25) is 0 Å². The van der Waals surface area contributed by atoms with E-state index >= 15 is 0 Å². The predicted octanol–water partition coefficient (Wildman–Crippen LogP) is 0.118. The highest BCUT2D eigenvalue weighted by Gasteiger charge is 2.14. The van der Waals surface area contributed by atoms with Crippen LogP contribution in [0.3, 0.4) is 0 Å². The van der Waals surface area contributed by atoms with E-state index in [4.69, 9.17) is 10.2 Å². The van der Waals surface area contributed by atoms with Crippen LogP contribution in [0.25, 0.3) is 0 Å². The number of hydrogen-bond donors (Lipinski definition) is 3. The van der Waals surface area contributed by atoms with E-state index in [1.165, 1.54) is 0 Å². The molecule has 0 heterocycles. The number of rotatable bonds is 5. The maximum absolute atomic E-state index is 9.00. The van der Waals surface area contributed by atoms with E-state index in [1.54, 1.807) is 0 Å². The molecule has 0 spiro atoms. The normalized spacial score (nSPS) is 15.0. The van der Waals surface area contributed by atoms with Gasteiger partial charge in [0.25, 0.3) is 0 Å². The average Bonchev–Trinajstić information content (AvgIpc) is 2.00. The molecule has 0 aromatic heterocycles. The molecule has 0 aliphatic heterocycles. The van der Waals surface area contributed by atoms with Crippen molar-refractivity contribution in [2.75, 3.05) is 13.2 Å². The van der Waals surface area contributed by atoms with Crippen molar-refractivity contribution in [2.24, 2.45) is 0 Å². The molecule has 3 nitrogen and oxygen atoms in total. The van der Waals surface area contributed by atoms with Crippen LogP contribution in [0.2, 0.25) is 0 Å². The fourth-order valence-electron chi connectivity index (χ4n) is 0.584. The van der Waals surface area contributed by atoms with Crippen molar-refractivity contribution in [1.82, 2.24) is 5.32 Å². The SMILES string of the molecule is CCC(C)(C)NCC(O)CO. The molecule has 0 radical (unpaired) electrons. The van der Waals surface area contributed by atoms with Crippen LogP contribution in [-0.2, 0) is 0 Å². The van der Waals surface area contributed by atoms with Gasteiger partial charge >= 0.3 is 0 Å². The second-order valence-electron chi connectivity index (χ2n) is 3.45. The summed E-state index contributed by atoms with van der Waals surface area (Å²) >= 11 is 0. The van der Waals surface area contributed by atoms with E-state index in [9.17, 15) is 0 Å². The third-order valence-electron chi connectivity index (χ3n) is 1.91. The van der Waals surface area contributed by atoms with Gasteiger partial charge in [-0.25, -0.2) is 0 Å². The Morgan fingerprint density at radius 3 is 2.36 bits per heavy atom. The highest BCUT2D eigenvalue weighted by Crippen LogP contribution is 2.05. The van der Waals surface area contributed by atoms with Crippen LogP contribution in [0.1, 0.15) is 27.2 Å². The van der Waals surface area contributed by atoms with Gasteiger partial charge < -0.3 is 15.5 Å². The zero-order chi connectivity index (χ0) is 8.91. The Labute approximate surface area is 68.4 Å². The molecule has 3 N–H and O–H groups in total. The Morgan fingerprint density at radius 1 is 1.45 bits per heavy atom. The van der Waals surface area contributed by atoms with Crippen LogP contribution >= 0.6 is 0 Å². The fraction of sp³-hybridized carbons (Fsp3) is 1.00. The van der Waals surface area contributed by atoms with Crippen LogP contribution in [0, 0.1) is 0 Å². The first-order valence-electron chi connectivity index (χ1n) is 4.06. The van der Waals surface area contributed by atoms with E-state index in [1.807, 2.05) is 0 Å². The average molecular weight is 161 g/mol. The molecule has 0 aliphatic carbocycles. The summed E-state index contributed by atoms with van der Waals surface area (Å²) in [7, 11) is 0. The molecule has 1 atom stereocenters. The minimum absolute atomic E-state index is 0.0517. The van der Waals surface area contributed by atoms with Gasteiger partial charge in [0, 0.05) is 12.1 Å². The molecule has 1 unspecified atom stereocenters. The molecular formula is C8H19NO2. The van der Waals surface area contributed by atoms with Gasteiger partial charge in [0.15, 0.2) is 0 Å². The van der Waals surface area contributed by atoms with Gasteiger partial charge in [-0.1, -0.05) is 6.92 Å². The Kier molecular flexibility index (Phi) is 4.65. The van der Waals surface area contributed by atoms with Crippen molar-refractivity contribution in [2.45, 2.75) is 38.8 Å². The molecule has 68 valence electrons. The smallest absolute Gasteiger partial charge is 0.0895 e. The van der Waals surface area contributed by atoms with Gasteiger partial charge in [-0.15, -0.1) is 0 Å². The summed E-state index contributed by atoms with van der Waals surface area (Å²) in [6.45, 7) is 6.50. The van der Waals surface area contributed by atoms with Crippen molar-refractivity contribution in [3.05, 3.63) is 0 Å². The van der Waals surface area contributed by atoms with Crippen LogP contribution in [0.15, 0.2) is 0 Å².